The van der Waals surface area contributed by atoms with E-state index < -0.39 is 15.6 Å². The predicted molar refractivity (Wildman–Crippen MR) is 73.5 cm³/mol. The van der Waals surface area contributed by atoms with Crippen molar-refractivity contribution in [2.45, 2.75) is 11.9 Å². The molecule has 0 N–H and O–H groups in total. The van der Waals surface area contributed by atoms with E-state index in [1.165, 1.54) is 18.2 Å². The second kappa shape index (κ2) is 5.40. The first-order valence-corrected chi connectivity index (χ1v) is 7.29. The van der Waals surface area contributed by atoms with Gasteiger partial charge in [0.1, 0.15) is 5.75 Å². The Balaban J connectivity index is 2.59. The summed E-state index contributed by atoms with van der Waals surface area (Å²) in [6.45, 7) is 3.52. The summed E-state index contributed by atoms with van der Waals surface area (Å²) in [6, 6.07) is 9.64. The van der Waals surface area contributed by atoms with Crippen molar-refractivity contribution in [3.05, 3.63) is 54.6 Å². The molecule has 112 valence electrons. The lowest BCUT2D eigenvalue weighted by molar-refractivity contribution is -0.0500. The lowest BCUT2D eigenvalue weighted by Crippen LogP contribution is -2.28. The van der Waals surface area contributed by atoms with Crippen molar-refractivity contribution in [1.82, 2.24) is 0 Å². The molecule has 0 heterocycles. The van der Waals surface area contributed by atoms with Gasteiger partial charge in [-0.2, -0.15) is 21.6 Å². The average Bonchev–Trinajstić information content (AvgIpc) is 2.40. The normalized spacial score (nSPS) is 12.3. The van der Waals surface area contributed by atoms with E-state index in [2.05, 4.69) is 10.8 Å². The van der Waals surface area contributed by atoms with E-state index in [0.29, 0.717) is 10.9 Å². The summed E-state index contributed by atoms with van der Waals surface area (Å²) >= 11 is 0. The highest BCUT2D eigenvalue weighted by molar-refractivity contribution is 7.88. The van der Waals surface area contributed by atoms with Gasteiger partial charge in [-0.1, -0.05) is 36.4 Å². The van der Waals surface area contributed by atoms with Crippen LogP contribution in [0.5, 0.6) is 5.75 Å². The Morgan fingerprint density at radius 2 is 1.81 bits per heavy atom. The first-order chi connectivity index (χ1) is 9.76. The number of halogens is 3. The van der Waals surface area contributed by atoms with Crippen LogP contribution in [0.3, 0.4) is 0 Å². The molecule has 0 aliphatic rings. The van der Waals surface area contributed by atoms with Gasteiger partial charge in [0.15, 0.2) is 0 Å². The van der Waals surface area contributed by atoms with Crippen LogP contribution in [-0.4, -0.2) is 13.9 Å². The molecule has 0 spiro atoms. The third kappa shape index (κ3) is 3.02. The van der Waals surface area contributed by atoms with Crippen LogP contribution in [0.15, 0.2) is 49.1 Å². The molecule has 3 nitrogen and oxygen atoms in total. The molecule has 0 saturated carbocycles. The van der Waals surface area contributed by atoms with Crippen molar-refractivity contribution >= 4 is 20.9 Å². The van der Waals surface area contributed by atoms with E-state index in [-0.39, 0.29) is 12.2 Å². The van der Waals surface area contributed by atoms with Crippen LogP contribution >= 0.6 is 0 Å². The smallest absolute Gasteiger partial charge is 0.376 e. The topological polar surface area (TPSA) is 43.4 Å². The second-order valence-corrected chi connectivity index (χ2v) is 5.78. The molecule has 0 radical (unpaired) electrons. The predicted octanol–water partition coefficient (Wildman–Crippen LogP) is 3.80. The Labute approximate surface area is 119 Å². The van der Waals surface area contributed by atoms with Crippen LogP contribution in [0.25, 0.3) is 10.8 Å². The molecule has 2 rings (SSSR count). The zero-order chi connectivity index (χ0) is 15.7. The fourth-order valence-electron chi connectivity index (χ4n) is 1.91. The Hall–Kier alpha value is -2.02. The highest BCUT2D eigenvalue weighted by Crippen LogP contribution is 2.33. The fraction of sp³-hybridized carbons (Fsp3) is 0.143. The molecule has 0 atom stereocenters. The van der Waals surface area contributed by atoms with Crippen LogP contribution in [0.2, 0.25) is 0 Å². The SMILES string of the molecule is C=CCc1c(OS(=O)(=O)C(F)(F)F)ccc2ccccc12. The Morgan fingerprint density at radius 3 is 2.43 bits per heavy atom. The van der Waals surface area contributed by atoms with Crippen LogP contribution < -0.4 is 4.18 Å². The maximum atomic E-state index is 12.4. The molecule has 7 heteroatoms. The first-order valence-electron chi connectivity index (χ1n) is 5.88. The first kappa shape index (κ1) is 15.4. The van der Waals surface area contributed by atoms with Gasteiger partial charge in [0.2, 0.25) is 0 Å². The Morgan fingerprint density at radius 1 is 1.14 bits per heavy atom. The van der Waals surface area contributed by atoms with Crippen molar-refractivity contribution in [3.8, 4) is 5.75 Å². The van der Waals surface area contributed by atoms with Gasteiger partial charge in [0, 0.05) is 5.56 Å². The van der Waals surface area contributed by atoms with E-state index >= 15 is 0 Å². The molecule has 2 aromatic rings. The van der Waals surface area contributed by atoms with Gasteiger partial charge in [-0.25, -0.2) is 0 Å². The number of hydrogen-bond donors (Lipinski definition) is 0. The van der Waals surface area contributed by atoms with E-state index in [1.807, 2.05) is 0 Å². The van der Waals surface area contributed by atoms with Crippen molar-refractivity contribution in [2.24, 2.45) is 0 Å². The zero-order valence-electron chi connectivity index (χ0n) is 10.7. The van der Waals surface area contributed by atoms with Gasteiger partial charge in [-0.05, 0) is 23.3 Å². The molecular weight excluding hydrogens is 305 g/mol. The van der Waals surface area contributed by atoms with Crippen molar-refractivity contribution < 1.29 is 25.8 Å². The third-order valence-corrected chi connectivity index (χ3v) is 3.79. The number of benzene rings is 2. The maximum Gasteiger partial charge on any atom is 0.534 e. The van der Waals surface area contributed by atoms with E-state index in [0.717, 1.165) is 5.39 Å². The van der Waals surface area contributed by atoms with Gasteiger partial charge < -0.3 is 4.18 Å². The summed E-state index contributed by atoms with van der Waals surface area (Å²) in [4.78, 5) is 0. The van der Waals surface area contributed by atoms with Gasteiger partial charge in [-0.15, -0.1) is 6.58 Å². The minimum Gasteiger partial charge on any atom is -0.376 e. The summed E-state index contributed by atoms with van der Waals surface area (Å²) in [5.74, 6) is -0.342. The molecule has 0 aliphatic carbocycles. The van der Waals surface area contributed by atoms with E-state index in [4.69, 9.17) is 0 Å². The van der Waals surface area contributed by atoms with Crippen molar-refractivity contribution in [1.29, 1.82) is 0 Å². The van der Waals surface area contributed by atoms with Crippen LogP contribution in [0, 0.1) is 0 Å². The molecule has 2 aromatic carbocycles. The van der Waals surface area contributed by atoms with Gasteiger partial charge >= 0.3 is 15.6 Å². The van der Waals surface area contributed by atoms with Gasteiger partial charge in [-0.3, -0.25) is 0 Å². The molecule has 0 unspecified atom stereocenters. The number of rotatable bonds is 4. The van der Waals surface area contributed by atoms with Crippen molar-refractivity contribution in [3.63, 3.8) is 0 Å². The van der Waals surface area contributed by atoms with Gasteiger partial charge in [0.05, 0.1) is 0 Å². The standard InChI is InChI=1S/C14H11F3O3S/c1-2-5-12-11-7-4-3-6-10(11)8-9-13(12)20-21(18,19)14(15,16)17/h2-4,6-9H,1,5H2. The highest BCUT2D eigenvalue weighted by Gasteiger charge is 2.48. The molecule has 0 aliphatic heterocycles. The monoisotopic (exact) mass is 316 g/mol. The summed E-state index contributed by atoms with van der Waals surface area (Å²) in [7, 11) is -5.69. The summed E-state index contributed by atoms with van der Waals surface area (Å²) < 4.78 is 63.8. The number of hydrogen-bond acceptors (Lipinski definition) is 3. The zero-order valence-corrected chi connectivity index (χ0v) is 11.5. The number of alkyl halides is 3. The largest absolute Gasteiger partial charge is 0.534 e. The molecule has 0 fully saturated rings. The third-order valence-electron chi connectivity index (χ3n) is 2.83. The second-order valence-electron chi connectivity index (χ2n) is 4.24. The fourth-order valence-corrected chi connectivity index (χ4v) is 2.40. The molecule has 0 saturated heterocycles. The molecular formula is C14H11F3O3S. The molecule has 21 heavy (non-hydrogen) atoms. The lowest BCUT2D eigenvalue weighted by Gasteiger charge is -2.14. The number of fused-ring (bicyclic) bond motifs is 1. The number of allylic oxidation sites excluding steroid dienone is 1. The van der Waals surface area contributed by atoms with Crippen LogP contribution in [0.1, 0.15) is 5.56 Å². The molecule has 0 aromatic heterocycles. The molecule has 0 amide bonds. The minimum absolute atomic E-state index is 0.185. The quantitative estimate of drug-likeness (QED) is 0.489. The Bertz CT molecular complexity index is 780. The van der Waals surface area contributed by atoms with Gasteiger partial charge in [0.25, 0.3) is 0 Å². The summed E-state index contributed by atoms with van der Waals surface area (Å²) in [5, 5.41) is 1.39. The lowest BCUT2D eigenvalue weighted by atomic mass is 10.0. The summed E-state index contributed by atoms with van der Waals surface area (Å²) in [6.07, 6.45) is 1.65. The van der Waals surface area contributed by atoms with E-state index in [9.17, 15) is 21.6 Å². The average molecular weight is 316 g/mol. The Kier molecular flexibility index (Phi) is 3.95. The summed E-state index contributed by atoms with van der Waals surface area (Å²) in [5.41, 5.74) is -5.12. The maximum absolute atomic E-state index is 12.4. The van der Waals surface area contributed by atoms with Crippen molar-refractivity contribution in [2.75, 3.05) is 0 Å². The minimum atomic E-state index is -5.69. The van der Waals surface area contributed by atoms with Crippen LogP contribution in [-0.2, 0) is 16.5 Å². The molecule has 0 bridgehead atoms. The highest BCUT2D eigenvalue weighted by atomic mass is 32.2. The van der Waals surface area contributed by atoms with Crippen LogP contribution in [0.4, 0.5) is 13.2 Å². The van der Waals surface area contributed by atoms with E-state index in [1.54, 1.807) is 24.3 Å².